The Morgan fingerprint density at radius 3 is 2.53 bits per heavy atom. The van der Waals surface area contributed by atoms with Crippen LogP contribution in [-0.2, 0) is 6.54 Å². The highest BCUT2D eigenvalue weighted by molar-refractivity contribution is 9.10. The number of benzene rings is 1. The third-order valence-corrected chi connectivity index (χ3v) is 2.77. The zero-order chi connectivity index (χ0) is 10.7. The third-order valence-electron chi connectivity index (χ3n) is 2.24. The molecule has 0 amide bonds. The molecule has 1 aromatic heterocycles. The fourth-order valence-electron chi connectivity index (χ4n) is 1.49. The van der Waals surface area contributed by atoms with E-state index in [0.717, 1.165) is 21.3 Å². The summed E-state index contributed by atoms with van der Waals surface area (Å²) in [5.74, 6) is 0. The van der Waals surface area contributed by atoms with Gasteiger partial charge in [0.05, 0.1) is 5.69 Å². The molecule has 2 nitrogen and oxygen atoms in total. The van der Waals surface area contributed by atoms with E-state index in [2.05, 4.69) is 33.0 Å². The smallest absolute Gasteiger partial charge is 0.0617 e. The summed E-state index contributed by atoms with van der Waals surface area (Å²) in [6.07, 6.45) is 1.77. The zero-order valence-corrected chi connectivity index (χ0v) is 9.74. The molecule has 0 bridgehead atoms. The van der Waals surface area contributed by atoms with Gasteiger partial charge >= 0.3 is 0 Å². The van der Waals surface area contributed by atoms with Crippen LogP contribution >= 0.6 is 15.9 Å². The van der Waals surface area contributed by atoms with Crippen molar-refractivity contribution in [2.24, 2.45) is 5.73 Å². The van der Waals surface area contributed by atoms with Crippen LogP contribution < -0.4 is 5.73 Å². The molecule has 0 saturated carbocycles. The largest absolute Gasteiger partial charge is 0.325 e. The second kappa shape index (κ2) is 4.55. The van der Waals surface area contributed by atoms with Gasteiger partial charge in [-0.25, -0.2) is 0 Å². The molecule has 0 fully saturated rings. The van der Waals surface area contributed by atoms with Crippen LogP contribution in [-0.4, -0.2) is 4.98 Å². The Kier molecular flexibility index (Phi) is 3.14. The lowest BCUT2D eigenvalue weighted by Crippen LogP contribution is -2.01. The fraction of sp³-hybridized carbons (Fsp3) is 0.0833. The molecule has 0 aliphatic rings. The molecule has 1 aromatic carbocycles. The van der Waals surface area contributed by atoms with E-state index < -0.39 is 0 Å². The lowest BCUT2D eigenvalue weighted by atomic mass is 10.0. The topological polar surface area (TPSA) is 38.9 Å². The summed E-state index contributed by atoms with van der Waals surface area (Å²) in [4.78, 5) is 4.26. The average Bonchev–Trinajstić information content (AvgIpc) is 2.30. The number of nitrogens with zero attached hydrogens (tertiary/aromatic N) is 1. The van der Waals surface area contributed by atoms with E-state index in [1.807, 2.05) is 24.3 Å². The summed E-state index contributed by atoms with van der Waals surface area (Å²) in [6.45, 7) is 0.465. The van der Waals surface area contributed by atoms with Crippen LogP contribution in [0.3, 0.4) is 0 Å². The predicted molar refractivity (Wildman–Crippen MR) is 65.3 cm³/mol. The monoisotopic (exact) mass is 262 g/mol. The fourth-order valence-corrected chi connectivity index (χ4v) is 1.76. The van der Waals surface area contributed by atoms with E-state index in [4.69, 9.17) is 5.73 Å². The number of halogens is 1. The Hall–Kier alpha value is -1.19. The molecule has 0 radical (unpaired) electrons. The second-order valence-electron chi connectivity index (χ2n) is 3.21. The van der Waals surface area contributed by atoms with Gasteiger partial charge in [0.2, 0.25) is 0 Å². The van der Waals surface area contributed by atoms with Crippen LogP contribution in [0.4, 0.5) is 0 Å². The summed E-state index contributed by atoms with van der Waals surface area (Å²) < 4.78 is 1.07. The molecule has 1 heterocycles. The molecule has 0 unspecified atom stereocenters. The van der Waals surface area contributed by atoms with Crippen molar-refractivity contribution in [3.63, 3.8) is 0 Å². The quantitative estimate of drug-likeness (QED) is 0.904. The first-order valence-corrected chi connectivity index (χ1v) is 5.50. The van der Waals surface area contributed by atoms with Crippen molar-refractivity contribution >= 4 is 15.9 Å². The molecule has 2 N–H and O–H groups in total. The Morgan fingerprint density at radius 2 is 1.87 bits per heavy atom. The number of pyridine rings is 1. The van der Waals surface area contributed by atoms with Crippen LogP contribution in [0.5, 0.6) is 0 Å². The summed E-state index contributed by atoms with van der Waals surface area (Å²) in [7, 11) is 0. The van der Waals surface area contributed by atoms with E-state index in [1.54, 1.807) is 6.20 Å². The Morgan fingerprint density at radius 1 is 1.13 bits per heavy atom. The van der Waals surface area contributed by atoms with Gasteiger partial charge in [-0.05, 0) is 23.8 Å². The highest BCUT2D eigenvalue weighted by atomic mass is 79.9. The van der Waals surface area contributed by atoms with Crippen molar-refractivity contribution in [2.75, 3.05) is 0 Å². The lowest BCUT2D eigenvalue weighted by Gasteiger charge is -2.06. The molecule has 2 aromatic rings. The summed E-state index contributed by atoms with van der Waals surface area (Å²) in [5.41, 5.74) is 8.83. The molecular weight excluding hydrogens is 252 g/mol. The molecule has 0 saturated heterocycles. The molecule has 0 spiro atoms. The molecular formula is C12H11BrN2. The molecule has 3 heteroatoms. The van der Waals surface area contributed by atoms with Crippen LogP contribution in [0.25, 0.3) is 11.1 Å². The van der Waals surface area contributed by atoms with Crippen molar-refractivity contribution in [2.45, 2.75) is 6.54 Å². The minimum Gasteiger partial charge on any atom is -0.325 e. The van der Waals surface area contributed by atoms with Gasteiger partial charge in [0, 0.05) is 22.8 Å². The minimum atomic E-state index is 0.465. The van der Waals surface area contributed by atoms with Gasteiger partial charge < -0.3 is 5.73 Å². The van der Waals surface area contributed by atoms with Crippen LogP contribution in [0.2, 0.25) is 0 Å². The van der Waals surface area contributed by atoms with E-state index in [0.29, 0.717) is 6.54 Å². The highest BCUT2D eigenvalue weighted by Gasteiger charge is 2.03. The Labute approximate surface area is 97.3 Å². The second-order valence-corrected chi connectivity index (χ2v) is 4.12. The Balaban J connectivity index is 2.49. The first kappa shape index (κ1) is 10.3. The molecule has 0 aliphatic carbocycles. The number of aromatic nitrogens is 1. The van der Waals surface area contributed by atoms with E-state index >= 15 is 0 Å². The van der Waals surface area contributed by atoms with Gasteiger partial charge in [-0.3, -0.25) is 4.98 Å². The van der Waals surface area contributed by atoms with Gasteiger partial charge in [0.1, 0.15) is 0 Å². The summed E-state index contributed by atoms with van der Waals surface area (Å²) in [6, 6.07) is 12.1. The molecule has 76 valence electrons. The van der Waals surface area contributed by atoms with Gasteiger partial charge in [-0.15, -0.1) is 0 Å². The molecule has 0 atom stereocenters. The summed E-state index contributed by atoms with van der Waals surface area (Å²) in [5, 5.41) is 0. The SMILES string of the molecule is NCc1ncccc1-c1ccc(Br)cc1. The molecule has 15 heavy (non-hydrogen) atoms. The van der Waals surface area contributed by atoms with E-state index in [9.17, 15) is 0 Å². The maximum atomic E-state index is 5.65. The maximum absolute atomic E-state index is 5.65. The van der Waals surface area contributed by atoms with Crippen molar-refractivity contribution in [1.82, 2.24) is 4.98 Å². The number of rotatable bonds is 2. The van der Waals surface area contributed by atoms with Crippen molar-refractivity contribution in [3.8, 4) is 11.1 Å². The first-order valence-electron chi connectivity index (χ1n) is 4.71. The molecule has 2 rings (SSSR count). The van der Waals surface area contributed by atoms with Crippen molar-refractivity contribution < 1.29 is 0 Å². The van der Waals surface area contributed by atoms with E-state index in [1.165, 1.54) is 0 Å². The normalized spacial score (nSPS) is 10.3. The van der Waals surface area contributed by atoms with Crippen LogP contribution in [0, 0.1) is 0 Å². The van der Waals surface area contributed by atoms with Gasteiger partial charge in [-0.2, -0.15) is 0 Å². The van der Waals surface area contributed by atoms with Crippen molar-refractivity contribution in [3.05, 3.63) is 52.8 Å². The van der Waals surface area contributed by atoms with Crippen molar-refractivity contribution in [1.29, 1.82) is 0 Å². The highest BCUT2D eigenvalue weighted by Crippen LogP contribution is 2.23. The number of nitrogens with two attached hydrogens (primary N) is 1. The average molecular weight is 263 g/mol. The standard InChI is InChI=1S/C12H11BrN2/c13-10-5-3-9(4-6-10)11-2-1-7-15-12(11)8-14/h1-7H,8,14H2. The first-order chi connectivity index (χ1) is 7.31. The summed E-state index contributed by atoms with van der Waals surface area (Å²) >= 11 is 3.41. The number of hydrogen-bond donors (Lipinski definition) is 1. The van der Waals surface area contributed by atoms with Gasteiger partial charge in [0.25, 0.3) is 0 Å². The molecule has 0 aliphatic heterocycles. The maximum Gasteiger partial charge on any atom is 0.0617 e. The van der Waals surface area contributed by atoms with Crippen LogP contribution in [0.15, 0.2) is 47.1 Å². The third kappa shape index (κ3) is 2.25. The van der Waals surface area contributed by atoms with E-state index in [-0.39, 0.29) is 0 Å². The zero-order valence-electron chi connectivity index (χ0n) is 8.15. The predicted octanol–water partition coefficient (Wildman–Crippen LogP) is 2.97. The number of hydrogen-bond acceptors (Lipinski definition) is 2. The van der Waals surface area contributed by atoms with Crippen LogP contribution in [0.1, 0.15) is 5.69 Å². The van der Waals surface area contributed by atoms with Gasteiger partial charge in [-0.1, -0.05) is 34.1 Å². The minimum absolute atomic E-state index is 0.465. The van der Waals surface area contributed by atoms with Gasteiger partial charge in [0.15, 0.2) is 0 Å². The Bertz CT molecular complexity index is 451. The lowest BCUT2D eigenvalue weighted by molar-refractivity contribution is 0.994.